The molecule has 1 fully saturated rings. The highest BCUT2D eigenvalue weighted by atomic mass is 19.4. The number of benzene rings is 1. The van der Waals surface area contributed by atoms with Gasteiger partial charge in [0.05, 0.1) is 12.1 Å². The standard InChI is InChI=1S/C24H28F3N3O4/c1-29(20(31)11-12-24(25,26)27)13-14-30-15-19(21(32)23(30)34)22(33)28-18-9-7-17(8-10-18)16-5-3-2-4-6-16/h2-6,11-12,17-18,32H,7-10,13-15H2,1H3,(H,28,33). The molecule has 2 aliphatic rings. The Morgan fingerprint density at radius 1 is 1.18 bits per heavy atom. The fraction of sp³-hybridized carbons (Fsp3) is 0.458. The first-order valence-electron chi connectivity index (χ1n) is 11.1. The molecule has 0 bridgehead atoms. The molecule has 3 amide bonds. The van der Waals surface area contributed by atoms with Crippen LogP contribution in [0.25, 0.3) is 0 Å². The van der Waals surface area contributed by atoms with Gasteiger partial charge < -0.3 is 20.2 Å². The minimum Gasteiger partial charge on any atom is -0.503 e. The van der Waals surface area contributed by atoms with Crippen molar-refractivity contribution in [1.82, 2.24) is 15.1 Å². The summed E-state index contributed by atoms with van der Waals surface area (Å²) < 4.78 is 36.6. The quantitative estimate of drug-likeness (QED) is 0.589. The summed E-state index contributed by atoms with van der Waals surface area (Å²) in [6.07, 6.45) is -0.920. The van der Waals surface area contributed by atoms with Gasteiger partial charge in [-0.15, -0.1) is 0 Å². The van der Waals surface area contributed by atoms with E-state index >= 15 is 0 Å². The van der Waals surface area contributed by atoms with Gasteiger partial charge in [0, 0.05) is 38.3 Å². The fourth-order valence-corrected chi connectivity index (χ4v) is 4.22. The number of hydrogen-bond donors (Lipinski definition) is 2. The Labute approximate surface area is 195 Å². The van der Waals surface area contributed by atoms with Crippen LogP contribution >= 0.6 is 0 Å². The zero-order chi connectivity index (χ0) is 24.9. The molecule has 0 radical (unpaired) electrons. The molecule has 1 aromatic rings. The van der Waals surface area contributed by atoms with Gasteiger partial charge in [-0.2, -0.15) is 13.2 Å². The van der Waals surface area contributed by atoms with Crippen molar-refractivity contribution in [3.8, 4) is 0 Å². The van der Waals surface area contributed by atoms with E-state index < -0.39 is 29.7 Å². The minimum absolute atomic E-state index is 0.0377. The van der Waals surface area contributed by atoms with Crippen LogP contribution in [0.2, 0.25) is 0 Å². The molecular formula is C24H28F3N3O4. The maximum absolute atomic E-state index is 12.7. The van der Waals surface area contributed by atoms with Gasteiger partial charge in [0.2, 0.25) is 5.91 Å². The summed E-state index contributed by atoms with van der Waals surface area (Å²) in [6.45, 7) is -0.224. The normalized spacial score (nSPS) is 21.3. The monoisotopic (exact) mass is 479 g/mol. The number of aliphatic hydroxyl groups excluding tert-OH is 1. The first-order chi connectivity index (χ1) is 16.0. The molecule has 1 aromatic carbocycles. The van der Waals surface area contributed by atoms with Crippen molar-refractivity contribution in [1.29, 1.82) is 0 Å². The first kappa shape index (κ1) is 25.3. The lowest BCUT2D eigenvalue weighted by Crippen LogP contribution is -2.40. The third kappa shape index (κ3) is 6.61. The highest BCUT2D eigenvalue weighted by Gasteiger charge is 2.35. The van der Waals surface area contributed by atoms with Crippen LogP contribution in [0.15, 0.2) is 53.8 Å². The largest absolute Gasteiger partial charge is 0.503 e. The van der Waals surface area contributed by atoms with Crippen molar-refractivity contribution >= 4 is 17.7 Å². The molecule has 0 saturated heterocycles. The minimum atomic E-state index is -4.60. The number of nitrogens with zero attached hydrogens (tertiary/aromatic N) is 2. The topological polar surface area (TPSA) is 89.9 Å². The maximum atomic E-state index is 12.7. The number of carbonyl (C=O) groups is 3. The summed E-state index contributed by atoms with van der Waals surface area (Å²) in [5.74, 6) is -2.32. The smallest absolute Gasteiger partial charge is 0.409 e. The fourth-order valence-electron chi connectivity index (χ4n) is 4.22. The lowest BCUT2D eigenvalue weighted by Gasteiger charge is -2.29. The maximum Gasteiger partial charge on any atom is 0.409 e. The lowest BCUT2D eigenvalue weighted by molar-refractivity contribution is -0.130. The van der Waals surface area contributed by atoms with Crippen LogP contribution in [0.4, 0.5) is 13.2 Å². The van der Waals surface area contributed by atoms with Crippen LogP contribution in [0, 0.1) is 0 Å². The molecule has 0 unspecified atom stereocenters. The second-order valence-corrected chi connectivity index (χ2v) is 8.62. The van der Waals surface area contributed by atoms with Gasteiger partial charge in [0.25, 0.3) is 11.8 Å². The molecule has 2 N–H and O–H groups in total. The predicted molar refractivity (Wildman–Crippen MR) is 119 cm³/mol. The average Bonchev–Trinajstić information content (AvgIpc) is 3.10. The number of amides is 3. The van der Waals surface area contributed by atoms with E-state index in [1.165, 1.54) is 17.5 Å². The Kier molecular flexibility index (Phi) is 8.01. The Morgan fingerprint density at radius 3 is 2.44 bits per heavy atom. The van der Waals surface area contributed by atoms with Crippen molar-refractivity contribution in [2.45, 2.75) is 43.8 Å². The molecule has 3 rings (SSSR count). The molecule has 0 aromatic heterocycles. The SMILES string of the molecule is CN(CCN1CC(C(=O)NC2CCC(c3ccccc3)CC2)=C(O)C1=O)C(=O)C=CC(F)(F)F. The third-order valence-corrected chi connectivity index (χ3v) is 6.23. The van der Waals surface area contributed by atoms with Gasteiger partial charge in [-0.05, 0) is 37.2 Å². The van der Waals surface area contributed by atoms with Crippen LogP contribution in [0.3, 0.4) is 0 Å². The Hall–Kier alpha value is -3.30. The highest BCUT2D eigenvalue weighted by molar-refractivity contribution is 6.07. The number of alkyl halides is 3. The lowest BCUT2D eigenvalue weighted by atomic mass is 9.82. The number of hydrogen-bond acceptors (Lipinski definition) is 4. The second-order valence-electron chi connectivity index (χ2n) is 8.62. The van der Waals surface area contributed by atoms with E-state index in [0.717, 1.165) is 30.6 Å². The number of rotatable bonds is 7. The Bertz CT molecular complexity index is 967. The van der Waals surface area contributed by atoms with Gasteiger partial charge >= 0.3 is 6.18 Å². The summed E-state index contributed by atoms with van der Waals surface area (Å²) >= 11 is 0. The molecule has 0 atom stereocenters. The van der Waals surface area contributed by atoms with Crippen LogP contribution < -0.4 is 5.32 Å². The molecule has 0 spiro atoms. The summed E-state index contributed by atoms with van der Waals surface area (Å²) in [5.41, 5.74) is 1.24. The highest BCUT2D eigenvalue weighted by Crippen LogP contribution is 2.33. The molecule has 184 valence electrons. The van der Waals surface area contributed by atoms with Crippen LogP contribution in [-0.2, 0) is 14.4 Å². The zero-order valence-electron chi connectivity index (χ0n) is 18.8. The van der Waals surface area contributed by atoms with Gasteiger partial charge in [0.15, 0.2) is 5.76 Å². The van der Waals surface area contributed by atoms with Crippen LogP contribution in [0.1, 0.15) is 37.2 Å². The number of likely N-dealkylation sites (N-methyl/N-ethyl adjacent to an activating group) is 1. The molecule has 10 heteroatoms. The average molecular weight is 479 g/mol. The van der Waals surface area contributed by atoms with Gasteiger partial charge in [0.1, 0.15) is 0 Å². The third-order valence-electron chi connectivity index (χ3n) is 6.23. The molecule has 7 nitrogen and oxygen atoms in total. The molecule has 1 aliphatic heterocycles. The van der Waals surface area contributed by atoms with Crippen LogP contribution in [-0.4, -0.2) is 71.5 Å². The summed E-state index contributed by atoms with van der Waals surface area (Å²) in [4.78, 5) is 39.0. The van der Waals surface area contributed by atoms with E-state index in [4.69, 9.17) is 0 Å². The number of carbonyl (C=O) groups excluding carboxylic acids is 3. The number of nitrogens with one attached hydrogen (secondary N) is 1. The Morgan fingerprint density at radius 2 is 1.82 bits per heavy atom. The van der Waals surface area contributed by atoms with Crippen molar-refractivity contribution in [3.63, 3.8) is 0 Å². The van der Waals surface area contributed by atoms with Gasteiger partial charge in [-0.3, -0.25) is 14.4 Å². The van der Waals surface area contributed by atoms with Crippen molar-refractivity contribution < 1.29 is 32.7 Å². The molecular weight excluding hydrogens is 451 g/mol. The summed E-state index contributed by atoms with van der Waals surface area (Å²) in [6, 6.07) is 10.1. The second kappa shape index (κ2) is 10.8. The van der Waals surface area contributed by atoms with Crippen molar-refractivity contribution in [3.05, 3.63) is 59.4 Å². The van der Waals surface area contributed by atoms with Crippen molar-refractivity contribution in [2.75, 3.05) is 26.7 Å². The summed E-state index contributed by atoms with van der Waals surface area (Å²) in [5, 5.41) is 13.1. The van der Waals surface area contributed by atoms with Crippen molar-refractivity contribution in [2.24, 2.45) is 0 Å². The van der Waals surface area contributed by atoms with E-state index in [1.54, 1.807) is 0 Å². The van der Waals surface area contributed by atoms with E-state index in [2.05, 4.69) is 17.4 Å². The molecule has 34 heavy (non-hydrogen) atoms. The van der Waals surface area contributed by atoms with E-state index in [9.17, 15) is 32.7 Å². The van der Waals surface area contributed by atoms with E-state index in [-0.39, 0.29) is 37.3 Å². The van der Waals surface area contributed by atoms with Gasteiger partial charge in [-0.1, -0.05) is 30.3 Å². The molecule has 1 heterocycles. The number of allylic oxidation sites excluding steroid dienone is 1. The zero-order valence-corrected chi connectivity index (χ0v) is 18.8. The summed E-state index contributed by atoms with van der Waals surface area (Å²) in [7, 11) is 1.30. The Balaban J connectivity index is 1.47. The van der Waals surface area contributed by atoms with Gasteiger partial charge in [-0.25, -0.2) is 0 Å². The molecule has 1 aliphatic carbocycles. The number of aliphatic hydroxyl groups is 1. The first-order valence-corrected chi connectivity index (χ1v) is 11.1. The van der Waals surface area contributed by atoms with E-state index in [0.29, 0.717) is 12.0 Å². The number of halogens is 3. The van der Waals surface area contributed by atoms with Crippen LogP contribution in [0.5, 0.6) is 0 Å². The predicted octanol–water partition coefficient (Wildman–Crippen LogP) is 3.06. The van der Waals surface area contributed by atoms with E-state index in [1.807, 2.05) is 18.2 Å². The molecule has 1 saturated carbocycles.